The van der Waals surface area contributed by atoms with Crippen molar-refractivity contribution < 1.29 is 0 Å². The van der Waals surface area contributed by atoms with Crippen molar-refractivity contribution in [1.29, 1.82) is 0 Å². The molecule has 0 heterocycles. The van der Waals surface area contributed by atoms with Crippen molar-refractivity contribution in [1.82, 2.24) is 0 Å². The largest absolute Gasteiger partial charge is 0.0795 e. The lowest BCUT2D eigenvalue weighted by atomic mass is 9.84. The van der Waals surface area contributed by atoms with E-state index in [9.17, 15) is 0 Å². The lowest BCUT2D eigenvalue weighted by Gasteiger charge is -2.20. The predicted octanol–water partition coefficient (Wildman–Crippen LogP) is 7.94. The van der Waals surface area contributed by atoms with Crippen molar-refractivity contribution in [2.75, 3.05) is 0 Å². The number of fused-ring (bicyclic) bond motifs is 2. The van der Waals surface area contributed by atoms with Gasteiger partial charge in [-0.1, -0.05) is 115 Å². The lowest BCUT2D eigenvalue weighted by molar-refractivity contribution is 0.849. The van der Waals surface area contributed by atoms with Crippen LogP contribution in [-0.2, 0) is 12.8 Å². The Bertz CT molecular complexity index is 1310. The van der Waals surface area contributed by atoms with Gasteiger partial charge in [-0.05, 0) is 62.9 Å². The molecule has 0 N–H and O–H groups in total. The maximum absolute atomic E-state index is 2.42. The average Bonchev–Trinajstić information content (AvgIpc) is 3.48. The van der Waals surface area contributed by atoms with Crippen molar-refractivity contribution in [3.8, 4) is 22.3 Å². The van der Waals surface area contributed by atoms with Gasteiger partial charge in [0.1, 0.15) is 0 Å². The quantitative estimate of drug-likeness (QED) is 0.328. The second-order valence-electron chi connectivity index (χ2n) is 8.49. The summed E-state index contributed by atoms with van der Waals surface area (Å²) in [6, 6.07) is 33.0. The Morgan fingerprint density at radius 3 is 2.10 bits per heavy atom. The van der Waals surface area contributed by atoms with E-state index in [4.69, 9.17) is 0 Å². The molecular formula is C31H24. The Morgan fingerprint density at radius 2 is 1.32 bits per heavy atom. The fourth-order valence-corrected chi connectivity index (χ4v) is 5.21. The molecule has 4 aromatic rings. The molecule has 0 spiro atoms. The molecule has 6 rings (SSSR count). The lowest BCUT2D eigenvalue weighted by Crippen LogP contribution is -2.04. The Hall–Kier alpha value is -3.64. The molecule has 2 aliphatic rings. The second kappa shape index (κ2) is 7.56. The molecule has 1 atom stereocenters. The minimum absolute atomic E-state index is 0.384. The van der Waals surface area contributed by atoms with Crippen molar-refractivity contribution >= 4 is 12.2 Å². The standard InChI is InChI=1S/C31H24/c1-3-9-23(10-4-1)28-19-20-29(24-11-5-2-6-12-24)31-26(17-18-30(28)31)21-25-15-7-13-22-14-8-16-27(22)25/h1-13,15-20,26H,14,21H2. The fraction of sp³-hybridized carbons (Fsp3) is 0.0968. The van der Waals surface area contributed by atoms with Gasteiger partial charge in [-0.25, -0.2) is 0 Å². The van der Waals surface area contributed by atoms with Crippen molar-refractivity contribution in [3.05, 3.63) is 131 Å². The van der Waals surface area contributed by atoms with Crippen molar-refractivity contribution in [2.45, 2.75) is 18.8 Å². The van der Waals surface area contributed by atoms with Gasteiger partial charge in [-0.15, -0.1) is 0 Å². The molecule has 1 unspecified atom stereocenters. The summed E-state index contributed by atoms with van der Waals surface area (Å²) >= 11 is 0. The van der Waals surface area contributed by atoms with Crippen LogP contribution in [0, 0.1) is 0 Å². The summed E-state index contributed by atoms with van der Waals surface area (Å²) in [6.45, 7) is 0. The van der Waals surface area contributed by atoms with Gasteiger partial charge in [0.2, 0.25) is 0 Å². The molecule has 0 nitrogen and oxygen atoms in total. The summed E-state index contributed by atoms with van der Waals surface area (Å²) in [7, 11) is 0. The fourth-order valence-electron chi connectivity index (χ4n) is 5.21. The molecule has 0 heteroatoms. The highest BCUT2D eigenvalue weighted by Crippen LogP contribution is 2.44. The third kappa shape index (κ3) is 3.16. The van der Waals surface area contributed by atoms with Crippen LogP contribution in [-0.4, -0.2) is 0 Å². The first-order valence-electron chi connectivity index (χ1n) is 11.1. The zero-order valence-electron chi connectivity index (χ0n) is 17.5. The highest BCUT2D eigenvalue weighted by Gasteiger charge is 2.25. The summed E-state index contributed by atoms with van der Waals surface area (Å²) in [5.41, 5.74) is 12.5. The third-order valence-corrected chi connectivity index (χ3v) is 6.67. The molecule has 0 saturated heterocycles. The first-order valence-corrected chi connectivity index (χ1v) is 11.1. The van der Waals surface area contributed by atoms with Gasteiger partial charge in [0.25, 0.3) is 0 Å². The van der Waals surface area contributed by atoms with E-state index in [0.29, 0.717) is 5.92 Å². The summed E-state index contributed by atoms with van der Waals surface area (Å²) < 4.78 is 0. The van der Waals surface area contributed by atoms with E-state index in [1.807, 2.05) is 0 Å². The van der Waals surface area contributed by atoms with E-state index in [-0.39, 0.29) is 0 Å². The van der Waals surface area contributed by atoms with Crippen LogP contribution in [0.1, 0.15) is 33.7 Å². The molecule has 0 fully saturated rings. The van der Waals surface area contributed by atoms with Gasteiger partial charge in [-0.3, -0.25) is 0 Å². The topological polar surface area (TPSA) is 0 Å². The molecule has 0 amide bonds. The molecule has 0 saturated carbocycles. The molecule has 2 aliphatic carbocycles. The minimum Gasteiger partial charge on any atom is -0.0795 e. The van der Waals surface area contributed by atoms with Crippen LogP contribution in [0.4, 0.5) is 0 Å². The number of benzene rings is 4. The SMILES string of the molecule is C1=Cc2c(cccc2CC2C=Cc3c(-c4ccccc4)ccc(-c4ccccc4)c32)C1. The number of rotatable bonds is 4. The van der Waals surface area contributed by atoms with Crippen LogP contribution >= 0.6 is 0 Å². The van der Waals surface area contributed by atoms with Gasteiger partial charge < -0.3 is 0 Å². The Kier molecular flexibility index (Phi) is 4.43. The normalized spacial score (nSPS) is 15.8. The summed E-state index contributed by atoms with van der Waals surface area (Å²) in [5.74, 6) is 0.384. The predicted molar refractivity (Wildman–Crippen MR) is 132 cm³/mol. The van der Waals surface area contributed by atoms with Crippen molar-refractivity contribution in [3.63, 3.8) is 0 Å². The Morgan fingerprint density at radius 1 is 0.613 bits per heavy atom. The maximum Gasteiger partial charge on any atom is 0.00742 e. The summed E-state index contributed by atoms with van der Waals surface area (Å²) in [5, 5.41) is 0. The zero-order chi connectivity index (χ0) is 20.6. The van der Waals surface area contributed by atoms with E-state index < -0.39 is 0 Å². The van der Waals surface area contributed by atoms with Gasteiger partial charge in [0.05, 0.1) is 0 Å². The van der Waals surface area contributed by atoms with Gasteiger partial charge >= 0.3 is 0 Å². The van der Waals surface area contributed by atoms with Crippen LogP contribution in [0.3, 0.4) is 0 Å². The maximum atomic E-state index is 2.42. The molecule has 148 valence electrons. The first kappa shape index (κ1) is 18.2. The highest BCUT2D eigenvalue weighted by atomic mass is 14.3. The van der Waals surface area contributed by atoms with Gasteiger partial charge in [0.15, 0.2) is 0 Å². The number of hydrogen-bond acceptors (Lipinski definition) is 0. The molecule has 0 aromatic heterocycles. The van der Waals surface area contributed by atoms with E-state index in [1.54, 1.807) is 0 Å². The first-order chi connectivity index (χ1) is 15.4. The Labute approximate surface area is 184 Å². The van der Waals surface area contributed by atoms with E-state index in [2.05, 4.69) is 115 Å². The summed E-state index contributed by atoms with van der Waals surface area (Å²) in [4.78, 5) is 0. The molecule has 0 bridgehead atoms. The molecule has 4 aromatic carbocycles. The van der Waals surface area contributed by atoms with Crippen LogP contribution in [0.5, 0.6) is 0 Å². The smallest absolute Gasteiger partial charge is 0.00742 e. The molecule has 0 aliphatic heterocycles. The van der Waals surface area contributed by atoms with Crippen molar-refractivity contribution in [2.24, 2.45) is 0 Å². The van der Waals surface area contributed by atoms with Crippen LogP contribution in [0.2, 0.25) is 0 Å². The number of hydrogen-bond donors (Lipinski definition) is 0. The van der Waals surface area contributed by atoms with Crippen LogP contribution in [0.15, 0.2) is 103 Å². The monoisotopic (exact) mass is 396 g/mol. The van der Waals surface area contributed by atoms with Gasteiger partial charge in [0, 0.05) is 5.92 Å². The Balaban J connectivity index is 1.50. The zero-order valence-corrected chi connectivity index (χ0v) is 17.5. The van der Waals surface area contributed by atoms with Crippen LogP contribution in [0.25, 0.3) is 34.4 Å². The van der Waals surface area contributed by atoms with E-state index in [1.165, 1.54) is 50.1 Å². The second-order valence-corrected chi connectivity index (χ2v) is 8.49. The summed E-state index contributed by atoms with van der Waals surface area (Å²) in [6.07, 6.45) is 11.5. The van der Waals surface area contributed by atoms with Crippen LogP contribution < -0.4 is 0 Å². The van der Waals surface area contributed by atoms with E-state index >= 15 is 0 Å². The van der Waals surface area contributed by atoms with E-state index in [0.717, 1.165) is 12.8 Å². The number of allylic oxidation sites excluding steroid dienone is 2. The molecular weight excluding hydrogens is 372 g/mol. The third-order valence-electron chi connectivity index (χ3n) is 6.67. The highest BCUT2D eigenvalue weighted by molar-refractivity contribution is 5.87. The molecule has 31 heavy (non-hydrogen) atoms. The molecule has 0 radical (unpaired) electrons. The minimum atomic E-state index is 0.384. The average molecular weight is 397 g/mol. The van der Waals surface area contributed by atoms with Gasteiger partial charge in [-0.2, -0.15) is 0 Å².